The summed E-state index contributed by atoms with van der Waals surface area (Å²) in [6.07, 6.45) is 6.71. The van der Waals surface area contributed by atoms with E-state index in [0.29, 0.717) is 23.0 Å². The zero-order chi connectivity index (χ0) is 22.6. The maximum absolute atomic E-state index is 13.6. The van der Waals surface area contributed by atoms with Gasteiger partial charge in [0.15, 0.2) is 0 Å². The molecule has 1 saturated heterocycles. The topological polar surface area (TPSA) is 64.4 Å². The van der Waals surface area contributed by atoms with Crippen LogP contribution in [-0.4, -0.2) is 38.0 Å². The maximum atomic E-state index is 13.6. The van der Waals surface area contributed by atoms with Crippen molar-refractivity contribution >= 4 is 26.6 Å². The van der Waals surface area contributed by atoms with E-state index >= 15 is 0 Å². The number of unbranched alkanes of at least 4 members (excludes halogenated alkanes) is 1. The van der Waals surface area contributed by atoms with Crippen molar-refractivity contribution in [3.63, 3.8) is 0 Å². The molecule has 172 valence electrons. The van der Waals surface area contributed by atoms with Crippen molar-refractivity contribution in [3.05, 3.63) is 54.2 Å². The summed E-state index contributed by atoms with van der Waals surface area (Å²) in [5.41, 5.74) is 2.73. The molecule has 1 fully saturated rings. The van der Waals surface area contributed by atoms with Gasteiger partial charge in [0.1, 0.15) is 0 Å². The largest absolute Gasteiger partial charge is 0.381 e. The number of anilines is 1. The van der Waals surface area contributed by atoms with Gasteiger partial charge in [-0.25, -0.2) is 8.42 Å². The van der Waals surface area contributed by atoms with Crippen LogP contribution in [0.5, 0.6) is 0 Å². The highest BCUT2D eigenvalue weighted by Gasteiger charge is 2.25. The number of hydrogen-bond acceptors (Lipinski definition) is 4. The van der Waals surface area contributed by atoms with Crippen LogP contribution in [0.3, 0.4) is 0 Å². The van der Waals surface area contributed by atoms with E-state index in [1.54, 1.807) is 16.4 Å². The van der Waals surface area contributed by atoms with E-state index in [4.69, 9.17) is 4.74 Å². The van der Waals surface area contributed by atoms with E-state index in [1.165, 1.54) is 5.56 Å². The number of aromatic nitrogens is 2. The van der Waals surface area contributed by atoms with E-state index in [2.05, 4.69) is 18.9 Å². The van der Waals surface area contributed by atoms with Gasteiger partial charge in [-0.2, -0.15) is 5.10 Å². The Labute approximate surface area is 191 Å². The number of rotatable bonds is 9. The second kappa shape index (κ2) is 10.0. The zero-order valence-electron chi connectivity index (χ0n) is 19.0. The average molecular weight is 456 g/mol. The minimum absolute atomic E-state index is 0.311. The highest BCUT2D eigenvalue weighted by molar-refractivity contribution is 7.92. The molecule has 0 unspecified atom stereocenters. The summed E-state index contributed by atoms with van der Waals surface area (Å²) in [4.78, 5) is 0.311. The second-order valence-electron chi connectivity index (χ2n) is 8.58. The van der Waals surface area contributed by atoms with Crippen molar-refractivity contribution in [2.24, 2.45) is 5.92 Å². The van der Waals surface area contributed by atoms with Crippen molar-refractivity contribution in [1.82, 2.24) is 9.78 Å². The number of nitrogens with zero attached hydrogens (tertiary/aromatic N) is 3. The molecule has 0 amide bonds. The summed E-state index contributed by atoms with van der Waals surface area (Å²) in [5.74, 6) is 0.553. The Bertz CT molecular complexity index is 1130. The van der Waals surface area contributed by atoms with Crippen molar-refractivity contribution in [3.8, 4) is 0 Å². The summed E-state index contributed by atoms with van der Waals surface area (Å²) in [7, 11) is -3.68. The lowest BCUT2D eigenvalue weighted by molar-refractivity contribution is 0.0602. The van der Waals surface area contributed by atoms with Crippen LogP contribution in [0.2, 0.25) is 0 Å². The molecule has 6 nitrogen and oxygen atoms in total. The molecule has 3 aromatic rings. The zero-order valence-corrected chi connectivity index (χ0v) is 19.9. The lowest BCUT2D eigenvalue weighted by atomic mass is 10.0. The van der Waals surface area contributed by atoms with Gasteiger partial charge < -0.3 is 4.74 Å². The Hall–Kier alpha value is -2.38. The first-order valence-corrected chi connectivity index (χ1v) is 13.1. The van der Waals surface area contributed by atoms with Gasteiger partial charge in [0, 0.05) is 37.9 Å². The van der Waals surface area contributed by atoms with Crippen LogP contribution in [0, 0.1) is 5.92 Å². The van der Waals surface area contributed by atoms with Gasteiger partial charge in [-0.05, 0) is 67.5 Å². The Morgan fingerprint density at radius 1 is 1.09 bits per heavy atom. The fourth-order valence-corrected chi connectivity index (χ4v) is 5.76. The second-order valence-corrected chi connectivity index (χ2v) is 10.4. The monoisotopic (exact) mass is 455 g/mol. The highest BCUT2D eigenvalue weighted by Crippen LogP contribution is 2.27. The van der Waals surface area contributed by atoms with Gasteiger partial charge in [0.25, 0.3) is 10.0 Å². The minimum atomic E-state index is -3.68. The van der Waals surface area contributed by atoms with Crippen LogP contribution in [0.1, 0.15) is 45.1 Å². The quantitative estimate of drug-likeness (QED) is 0.454. The number of fused-ring (bicyclic) bond motifs is 1. The molecule has 2 aromatic carbocycles. The summed E-state index contributed by atoms with van der Waals surface area (Å²) in [5, 5.41) is 5.53. The number of benzene rings is 2. The van der Waals surface area contributed by atoms with Crippen LogP contribution >= 0.6 is 0 Å². The van der Waals surface area contributed by atoms with Gasteiger partial charge in [0.05, 0.1) is 16.1 Å². The lowest BCUT2D eigenvalue weighted by Crippen LogP contribution is -2.32. The van der Waals surface area contributed by atoms with Crippen LogP contribution in [0.15, 0.2) is 53.6 Å². The molecule has 32 heavy (non-hydrogen) atoms. The molecule has 0 saturated carbocycles. The van der Waals surface area contributed by atoms with Crippen molar-refractivity contribution in [2.75, 3.05) is 24.1 Å². The molecule has 0 atom stereocenters. The van der Waals surface area contributed by atoms with Crippen LogP contribution in [0.25, 0.3) is 10.9 Å². The van der Waals surface area contributed by atoms with Crippen LogP contribution in [-0.2, 0) is 27.7 Å². The Balaban J connectivity index is 1.62. The number of ether oxygens (including phenoxy) is 1. The minimum Gasteiger partial charge on any atom is -0.381 e. The molecule has 1 aliphatic rings. The average Bonchev–Trinajstić information content (AvgIpc) is 3.21. The molecular weight excluding hydrogens is 422 g/mol. The molecule has 2 heterocycles. The van der Waals surface area contributed by atoms with E-state index in [-0.39, 0.29) is 0 Å². The van der Waals surface area contributed by atoms with Gasteiger partial charge in [-0.1, -0.05) is 32.4 Å². The third-order valence-electron chi connectivity index (χ3n) is 6.24. The summed E-state index contributed by atoms with van der Waals surface area (Å²) >= 11 is 0. The van der Waals surface area contributed by atoms with Gasteiger partial charge >= 0.3 is 0 Å². The summed E-state index contributed by atoms with van der Waals surface area (Å²) in [6, 6.07) is 13.1. The first-order valence-electron chi connectivity index (χ1n) is 11.7. The van der Waals surface area contributed by atoms with E-state index in [0.717, 1.165) is 62.8 Å². The van der Waals surface area contributed by atoms with E-state index in [1.807, 2.05) is 41.2 Å². The smallest absolute Gasteiger partial charge is 0.264 e. The Kier molecular flexibility index (Phi) is 7.16. The molecule has 0 spiro atoms. The van der Waals surface area contributed by atoms with Crippen LogP contribution in [0.4, 0.5) is 5.69 Å². The molecule has 0 bridgehead atoms. The molecule has 0 radical (unpaired) electrons. The first-order chi connectivity index (χ1) is 15.5. The van der Waals surface area contributed by atoms with Gasteiger partial charge in [0.2, 0.25) is 0 Å². The van der Waals surface area contributed by atoms with Crippen molar-refractivity contribution < 1.29 is 13.2 Å². The van der Waals surface area contributed by atoms with E-state index in [9.17, 15) is 8.42 Å². The molecule has 0 N–H and O–H groups in total. The SMILES string of the molecule is CCCCN(c1ccc(CC)cc1)S(=O)(=O)c1ccc2nn(CC3CCOCC3)cc2c1. The molecular formula is C25H33N3O3S. The Morgan fingerprint density at radius 3 is 2.53 bits per heavy atom. The third-order valence-corrected chi connectivity index (χ3v) is 8.07. The molecule has 1 aromatic heterocycles. The van der Waals surface area contributed by atoms with Gasteiger partial charge in [-0.3, -0.25) is 8.99 Å². The van der Waals surface area contributed by atoms with Crippen LogP contribution < -0.4 is 4.31 Å². The molecule has 1 aliphatic heterocycles. The predicted molar refractivity (Wildman–Crippen MR) is 129 cm³/mol. The molecule has 0 aliphatic carbocycles. The molecule has 4 rings (SSSR count). The Morgan fingerprint density at radius 2 is 1.84 bits per heavy atom. The number of aryl methyl sites for hydroxylation is 1. The summed E-state index contributed by atoms with van der Waals surface area (Å²) in [6.45, 7) is 7.08. The predicted octanol–water partition coefficient (Wildman–Crippen LogP) is 5.02. The number of sulfonamides is 1. The highest BCUT2D eigenvalue weighted by atomic mass is 32.2. The van der Waals surface area contributed by atoms with Crippen molar-refractivity contribution in [1.29, 1.82) is 0 Å². The lowest BCUT2D eigenvalue weighted by Gasteiger charge is -2.24. The normalized spacial score (nSPS) is 15.3. The standard InChI is InChI=1S/C25H33N3O3S/c1-3-5-14-28(23-8-6-20(4-2)7-9-23)32(29,30)24-10-11-25-22(17-24)19-27(26-25)18-21-12-15-31-16-13-21/h6-11,17,19,21H,3-5,12-16,18H2,1-2H3. The third kappa shape index (κ3) is 4.99. The maximum Gasteiger partial charge on any atom is 0.264 e. The molecule has 7 heteroatoms. The fourth-order valence-electron chi connectivity index (χ4n) is 4.22. The number of hydrogen-bond donors (Lipinski definition) is 0. The van der Waals surface area contributed by atoms with E-state index < -0.39 is 10.0 Å². The van der Waals surface area contributed by atoms with Crippen molar-refractivity contribution in [2.45, 2.75) is 57.4 Å². The fraction of sp³-hybridized carbons (Fsp3) is 0.480. The summed E-state index contributed by atoms with van der Waals surface area (Å²) < 4.78 is 36.2. The first kappa shape index (κ1) is 22.8. The van der Waals surface area contributed by atoms with Gasteiger partial charge in [-0.15, -0.1) is 0 Å².